The second-order valence-electron chi connectivity index (χ2n) is 5.67. The molecule has 1 heterocycles. The van der Waals surface area contributed by atoms with Gasteiger partial charge in [-0.25, -0.2) is 0 Å². The van der Waals surface area contributed by atoms with Crippen LogP contribution in [0.2, 0.25) is 0 Å². The molecule has 2 fully saturated rings. The van der Waals surface area contributed by atoms with E-state index in [0.29, 0.717) is 12.8 Å². The second-order valence-corrected chi connectivity index (χ2v) is 5.67. The number of amides is 1. The highest BCUT2D eigenvalue weighted by atomic mass is 19.4. The van der Waals surface area contributed by atoms with E-state index in [-0.39, 0.29) is 26.2 Å². The normalized spacial score (nSPS) is 23.9. The van der Waals surface area contributed by atoms with Crippen molar-refractivity contribution >= 4 is 11.9 Å². The second kappa shape index (κ2) is 5.82. The molecule has 1 aliphatic carbocycles. The fourth-order valence-corrected chi connectivity index (χ4v) is 3.32. The van der Waals surface area contributed by atoms with Crippen molar-refractivity contribution in [2.24, 2.45) is 0 Å². The zero-order chi connectivity index (χ0) is 15.7. The number of aliphatic carboxylic acids is 1. The van der Waals surface area contributed by atoms with Gasteiger partial charge < -0.3 is 10.0 Å². The van der Waals surface area contributed by atoms with Crippen LogP contribution in [-0.2, 0) is 9.59 Å². The molecular formula is C13H19F3N2O3. The van der Waals surface area contributed by atoms with Gasteiger partial charge in [-0.2, -0.15) is 13.2 Å². The highest BCUT2D eigenvalue weighted by Crippen LogP contribution is 2.35. The van der Waals surface area contributed by atoms with Gasteiger partial charge in [0.15, 0.2) is 0 Å². The van der Waals surface area contributed by atoms with Gasteiger partial charge in [0.05, 0.1) is 0 Å². The molecule has 1 saturated heterocycles. The maximum atomic E-state index is 12.4. The maximum absolute atomic E-state index is 12.4. The molecule has 21 heavy (non-hydrogen) atoms. The van der Waals surface area contributed by atoms with Crippen LogP contribution in [0, 0.1) is 0 Å². The molecule has 0 aromatic carbocycles. The Bertz CT molecular complexity index is 411. The van der Waals surface area contributed by atoms with Crippen LogP contribution in [0.15, 0.2) is 0 Å². The van der Waals surface area contributed by atoms with Crippen molar-refractivity contribution in [3.8, 4) is 0 Å². The largest absolute Gasteiger partial charge is 0.480 e. The fourth-order valence-electron chi connectivity index (χ4n) is 3.32. The Balaban J connectivity index is 2.02. The van der Waals surface area contributed by atoms with Crippen LogP contribution in [0.4, 0.5) is 13.2 Å². The number of alkyl halides is 3. The lowest BCUT2D eigenvalue weighted by atomic mass is 9.80. The molecular weight excluding hydrogens is 289 g/mol. The van der Waals surface area contributed by atoms with Gasteiger partial charge in [0, 0.05) is 26.2 Å². The highest BCUT2D eigenvalue weighted by Gasteiger charge is 2.48. The average molecular weight is 308 g/mol. The summed E-state index contributed by atoms with van der Waals surface area (Å²) in [5.41, 5.74) is -0.967. The number of halogens is 3. The van der Waals surface area contributed by atoms with E-state index >= 15 is 0 Å². The van der Waals surface area contributed by atoms with Gasteiger partial charge in [-0.15, -0.1) is 0 Å². The van der Waals surface area contributed by atoms with E-state index in [1.54, 1.807) is 4.90 Å². The summed E-state index contributed by atoms with van der Waals surface area (Å²) >= 11 is 0. The monoisotopic (exact) mass is 308 g/mol. The van der Waals surface area contributed by atoms with Crippen LogP contribution in [0.1, 0.15) is 32.1 Å². The van der Waals surface area contributed by atoms with E-state index in [2.05, 4.69) is 0 Å². The summed E-state index contributed by atoms with van der Waals surface area (Å²) in [6.45, 7) is 0.197. The van der Waals surface area contributed by atoms with Crippen molar-refractivity contribution in [3.63, 3.8) is 0 Å². The van der Waals surface area contributed by atoms with Gasteiger partial charge in [0.25, 0.3) is 0 Å². The van der Waals surface area contributed by atoms with Crippen molar-refractivity contribution in [3.05, 3.63) is 0 Å². The Morgan fingerprint density at radius 1 is 0.952 bits per heavy atom. The molecule has 120 valence electrons. The van der Waals surface area contributed by atoms with E-state index < -0.39 is 23.6 Å². The van der Waals surface area contributed by atoms with Gasteiger partial charge in [-0.05, 0) is 12.8 Å². The summed E-state index contributed by atoms with van der Waals surface area (Å²) in [4.78, 5) is 25.3. The fraction of sp³-hybridized carbons (Fsp3) is 0.846. The summed E-state index contributed by atoms with van der Waals surface area (Å²) < 4.78 is 37.2. The summed E-state index contributed by atoms with van der Waals surface area (Å²) in [5, 5.41) is 9.54. The lowest BCUT2D eigenvalue weighted by Gasteiger charge is -2.47. The van der Waals surface area contributed by atoms with E-state index in [1.807, 2.05) is 0 Å². The number of nitrogens with zero attached hydrogens (tertiary/aromatic N) is 2. The first-order valence-electron chi connectivity index (χ1n) is 7.12. The quantitative estimate of drug-likeness (QED) is 0.839. The molecule has 0 spiro atoms. The Kier molecular flexibility index (Phi) is 4.46. The predicted molar refractivity (Wildman–Crippen MR) is 67.7 cm³/mol. The van der Waals surface area contributed by atoms with Crippen LogP contribution >= 0.6 is 0 Å². The van der Waals surface area contributed by atoms with Crippen molar-refractivity contribution in [1.29, 1.82) is 0 Å². The Morgan fingerprint density at radius 2 is 1.48 bits per heavy atom. The van der Waals surface area contributed by atoms with Crippen LogP contribution < -0.4 is 0 Å². The van der Waals surface area contributed by atoms with Crippen molar-refractivity contribution in [2.75, 3.05) is 26.2 Å². The van der Waals surface area contributed by atoms with Crippen LogP contribution in [0.25, 0.3) is 0 Å². The number of hydrogen-bond donors (Lipinski definition) is 1. The van der Waals surface area contributed by atoms with Gasteiger partial charge in [-0.3, -0.25) is 14.5 Å². The number of hydrogen-bond acceptors (Lipinski definition) is 3. The molecule has 1 amide bonds. The molecule has 0 radical (unpaired) electrons. The maximum Gasteiger partial charge on any atom is 0.471 e. The zero-order valence-electron chi connectivity index (χ0n) is 11.7. The smallest absolute Gasteiger partial charge is 0.471 e. The van der Waals surface area contributed by atoms with Gasteiger partial charge >= 0.3 is 18.1 Å². The standard InChI is InChI=1S/C13H19F3N2O3/c14-13(15,16)10(19)17-6-8-18(9-7-17)12(11(20)21)4-2-1-3-5-12/h1-9H2,(H,20,21). The summed E-state index contributed by atoms with van der Waals surface area (Å²) in [6.07, 6.45) is -1.20. The molecule has 8 heteroatoms. The number of rotatable bonds is 2. The van der Waals surface area contributed by atoms with Crippen LogP contribution in [0.3, 0.4) is 0 Å². The first kappa shape index (κ1) is 16.1. The topological polar surface area (TPSA) is 60.9 Å². The van der Waals surface area contributed by atoms with Crippen LogP contribution in [0.5, 0.6) is 0 Å². The predicted octanol–water partition coefficient (Wildman–Crippen LogP) is 1.48. The van der Waals surface area contributed by atoms with Gasteiger partial charge in [0.1, 0.15) is 5.54 Å². The minimum atomic E-state index is -4.86. The van der Waals surface area contributed by atoms with E-state index in [9.17, 15) is 27.9 Å². The molecule has 0 aromatic heterocycles. The number of carboxylic acid groups (broad SMARTS) is 1. The third-order valence-corrected chi connectivity index (χ3v) is 4.49. The Hall–Kier alpha value is -1.31. The number of carbonyl (C=O) groups is 2. The molecule has 1 aliphatic heterocycles. The van der Waals surface area contributed by atoms with Crippen LogP contribution in [-0.4, -0.2) is 64.7 Å². The average Bonchev–Trinajstić information content (AvgIpc) is 2.46. The van der Waals surface area contributed by atoms with Gasteiger partial charge in [0.2, 0.25) is 0 Å². The van der Waals surface area contributed by atoms with E-state index in [0.717, 1.165) is 24.2 Å². The molecule has 2 rings (SSSR count). The highest BCUT2D eigenvalue weighted by molar-refractivity contribution is 5.82. The Labute approximate surface area is 120 Å². The SMILES string of the molecule is O=C(N1CCN(C2(C(=O)O)CCCCC2)CC1)C(F)(F)F. The third-order valence-electron chi connectivity index (χ3n) is 4.49. The molecule has 1 N–H and O–H groups in total. The van der Waals surface area contributed by atoms with Crippen molar-refractivity contribution in [1.82, 2.24) is 9.80 Å². The molecule has 0 atom stereocenters. The minimum absolute atomic E-state index is 0.0760. The molecule has 1 saturated carbocycles. The summed E-state index contributed by atoms with van der Waals surface area (Å²) in [6, 6.07) is 0. The first-order valence-corrected chi connectivity index (χ1v) is 7.12. The third kappa shape index (κ3) is 3.14. The van der Waals surface area contributed by atoms with Gasteiger partial charge in [-0.1, -0.05) is 19.3 Å². The minimum Gasteiger partial charge on any atom is -0.480 e. The number of piperazine rings is 1. The zero-order valence-corrected chi connectivity index (χ0v) is 11.7. The molecule has 2 aliphatic rings. The lowest BCUT2D eigenvalue weighted by molar-refractivity contribution is -0.188. The number of carbonyl (C=O) groups excluding carboxylic acids is 1. The molecule has 0 aromatic rings. The van der Waals surface area contributed by atoms with E-state index in [4.69, 9.17) is 0 Å². The van der Waals surface area contributed by atoms with Crippen molar-refractivity contribution < 1.29 is 27.9 Å². The van der Waals surface area contributed by atoms with Crippen molar-refractivity contribution in [2.45, 2.75) is 43.8 Å². The summed E-state index contributed by atoms with van der Waals surface area (Å²) in [5.74, 6) is -2.74. The lowest BCUT2D eigenvalue weighted by Crippen LogP contribution is -2.62. The molecule has 0 unspecified atom stereocenters. The van der Waals surface area contributed by atoms with E-state index in [1.165, 1.54) is 0 Å². The molecule has 5 nitrogen and oxygen atoms in total. The Morgan fingerprint density at radius 3 is 1.90 bits per heavy atom. The number of carboxylic acids is 1. The molecule has 0 bridgehead atoms. The summed E-state index contributed by atoms with van der Waals surface area (Å²) in [7, 11) is 0. The first-order chi connectivity index (χ1) is 9.77.